The molecule has 4 atom stereocenters. The molecule has 0 bridgehead atoms. The van der Waals surface area contributed by atoms with E-state index in [1.807, 2.05) is 11.8 Å². The Labute approximate surface area is 209 Å². The van der Waals surface area contributed by atoms with Gasteiger partial charge in [-0.1, -0.05) is 45.9 Å². The summed E-state index contributed by atoms with van der Waals surface area (Å²) in [4.78, 5) is 23.2. The Morgan fingerprint density at radius 1 is 1.30 bits per heavy atom. The fourth-order valence-electron chi connectivity index (χ4n) is 5.72. The molecule has 3 unspecified atom stereocenters. The van der Waals surface area contributed by atoms with Gasteiger partial charge >= 0.3 is 0 Å². The highest BCUT2D eigenvalue weighted by Gasteiger charge is 2.41. The standard InChI is InChI=1S/C26H41ClN4OS/c1-18(2)23(29-25-28-21(16-33-25)15-30-12-5-6-13-30)24(32)31-14-11-22(26(3,4)17-31)19-7-9-20(27)10-8-19/h7-9,18,20,22-23,25,29H,5-6,10-17H2,1-4H3/t20?,22?,23-,25?/m1/s1. The Morgan fingerprint density at radius 2 is 2.06 bits per heavy atom. The van der Waals surface area contributed by atoms with Crippen molar-refractivity contribution in [3.8, 4) is 0 Å². The summed E-state index contributed by atoms with van der Waals surface area (Å²) in [6.45, 7) is 13.9. The van der Waals surface area contributed by atoms with Gasteiger partial charge in [0.05, 0.1) is 11.4 Å². The molecule has 1 amide bonds. The molecule has 1 N–H and O–H groups in total. The molecule has 2 fully saturated rings. The van der Waals surface area contributed by atoms with E-state index in [0.29, 0.717) is 5.92 Å². The third-order valence-electron chi connectivity index (χ3n) is 7.59. The summed E-state index contributed by atoms with van der Waals surface area (Å²) in [5, 5.41) is 3.72. The molecule has 0 aromatic carbocycles. The number of hydrogen-bond acceptors (Lipinski definition) is 5. The number of nitrogens with zero attached hydrogens (tertiary/aromatic N) is 3. The van der Waals surface area contributed by atoms with E-state index in [0.717, 1.165) is 38.2 Å². The van der Waals surface area contributed by atoms with E-state index >= 15 is 0 Å². The van der Waals surface area contributed by atoms with Gasteiger partial charge in [-0.25, -0.2) is 0 Å². The normalized spacial score (nSPS) is 31.1. The van der Waals surface area contributed by atoms with Crippen molar-refractivity contribution in [1.82, 2.24) is 15.1 Å². The molecule has 1 aliphatic carbocycles. The summed E-state index contributed by atoms with van der Waals surface area (Å²) in [7, 11) is 0. The zero-order valence-electron chi connectivity index (χ0n) is 20.7. The van der Waals surface area contributed by atoms with Crippen LogP contribution in [0.5, 0.6) is 0 Å². The highest BCUT2D eigenvalue weighted by molar-refractivity contribution is 8.00. The lowest BCUT2D eigenvalue weighted by Crippen LogP contribution is -2.56. The van der Waals surface area contributed by atoms with Gasteiger partial charge in [-0.2, -0.15) is 0 Å². The maximum Gasteiger partial charge on any atom is 0.240 e. The van der Waals surface area contributed by atoms with Gasteiger partial charge < -0.3 is 4.90 Å². The van der Waals surface area contributed by atoms with Gasteiger partial charge in [0.25, 0.3) is 0 Å². The topological polar surface area (TPSA) is 47.9 Å². The van der Waals surface area contributed by atoms with Crippen LogP contribution in [-0.2, 0) is 4.79 Å². The molecular weight excluding hydrogens is 452 g/mol. The molecule has 3 heterocycles. The second-order valence-electron chi connectivity index (χ2n) is 11.1. The highest BCUT2D eigenvalue weighted by Crippen LogP contribution is 2.41. The number of hydrogen-bond donors (Lipinski definition) is 1. The van der Waals surface area contributed by atoms with Gasteiger partial charge in [0, 0.05) is 31.1 Å². The number of carbonyl (C=O) groups is 1. The lowest BCUT2D eigenvalue weighted by Gasteiger charge is -2.46. The number of piperidine rings is 1. The van der Waals surface area contributed by atoms with Gasteiger partial charge in [-0.15, -0.1) is 23.4 Å². The first-order chi connectivity index (χ1) is 15.7. The molecule has 0 aromatic heterocycles. The van der Waals surface area contributed by atoms with Crippen molar-refractivity contribution in [2.75, 3.05) is 38.5 Å². The number of allylic oxidation sites excluding steroid dienone is 4. The van der Waals surface area contributed by atoms with Crippen LogP contribution in [0, 0.1) is 17.3 Å². The Bertz CT molecular complexity index is 802. The first-order valence-electron chi connectivity index (χ1n) is 12.7. The monoisotopic (exact) mass is 492 g/mol. The quantitative estimate of drug-likeness (QED) is 0.530. The maximum atomic E-state index is 13.7. The molecule has 4 aliphatic rings. The number of alkyl halides is 1. The van der Waals surface area contributed by atoms with Crippen molar-refractivity contribution in [3.05, 3.63) is 23.8 Å². The van der Waals surface area contributed by atoms with E-state index in [-0.39, 0.29) is 34.2 Å². The Balaban J connectivity index is 1.36. The summed E-state index contributed by atoms with van der Waals surface area (Å²) in [5.74, 6) is 1.89. The second-order valence-corrected chi connectivity index (χ2v) is 12.8. The molecule has 0 radical (unpaired) electrons. The van der Waals surface area contributed by atoms with E-state index in [1.54, 1.807) is 0 Å². The van der Waals surface area contributed by atoms with E-state index in [4.69, 9.17) is 16.6 Å². The molecule has 2 saturated heterocycles. The van der Waals surface area contributed by atoms with Crippen molar-refractivity contribution in [2.45, 2.75) is 70.3 Å². The van der Waals surface area contributed by atoms with Gasteiger partial charge in [-0.05, 0) is 61.6 Å². The largest absolute Gasteiger partial charge is 0.341 e. The number of amides is 1. The third-order valence-corrected chi connectivity index (χ3v) is 8.97. The number of halogens is 1. The minimum atomic E-state index is -0.199. The number of carbonyl (C=O) groups excluding carboxylic acids is 1. The van der Waals surface area contributed by atoms with E-state index in [2.05, 4.69) is 61.0 Å². The van der Waals surface area contributed by atoms with Crippen LogP contribution in [0.4, 0.5) is 0 Å². The van der Waals surface area contributed by atoms with Crippen LogP contribution in [0.1, 0.15) is 53.4 Å². The molecular formula is C26H41ClN4OS. The van der Waals surface area contributed by atoms with Crippen molar-refractivity contribution in [3.63, 3.8) is 0 Å². The molecule has 184 valence electrons. The minimum Gasteiger partial charge on any atom is -0.341 e. The minimum absolute atomic E-state index is 0.00877. The fraction of sp³-hybridized carbons (Fsp3) is 0.769. The number of likely N-dealkylation sites (tertiary alicyclic amines) is 2. The zero-order valence-corrected chi connectivity index (χ0v) is 22.3. The van der Waals surface area contributed by atoms with Gasteiger partial charge in [-0.3, -0.25) is 20.0 Å². The average Bonchev–Trinajstić information content (AvgIpc) is 3.44. The van der Waals surface area contributed by atoms with Crippen LogP contribution >= 0.6 is 23.4 Å². The van der Waals surface area contributed by atoms with Gasteiger partial charge in [0.15, 0.2) is 0 Å². The van der Waals surface area contributed by atoms with Gasteiger partial charge in [0.1, 0.15) is 5.50 Å². The fourth-order valence-corrected chi connectivity index (χ4v) is 6.86. The Kier molecular flexibility index (Phi) is 8.31. The van der Waals surface area contributed by atoms with Crippen molar-refractivity contribution >= 4 is 35.0 Å². The first kappa shape index (κ1) is 25.3. The van der Waals surface area contributed by atoms with Crippen LogP contribution in [0.15, 0.2) is 28.8 Å². The highest BCUT2D eigenvalue weighted by atomic mass is 35.5. The van der Waals surface area contributed by atoms with Crippen LogP contribution in [-0.4, -0.2) is 76.8 Å². The molecule has 0 saturated carbocycles. The van der Waals surface area contributed by atoms with Crippen LogP contribution in [0.25, 0.3) is 0 Å². The van der Waals surface area contributed by atoms with E-state index in [9.17, 15) is 4.79 Å². The number of thioether (sulfide) groups is 1. The smallest absolute Gasteiger partial charge is 0.240 e. The van der Waals surface area contributed by atoms with Crippen molar-refractivity contribution in [2.24, 2.45) is 22.2 Å². The summed E-state index contributed by atoms with van der Waals surface area (Å²) in [5.41, 5.74) is 2.69. The summed E-state index contributed by atoms with van der Waals surface area (Å²) >= 11 is 8.06. The van der Waals surface area contributed by atoms with Crippen molar-refractivity contribution in [1.29, 1.82) is 0 Å². The van der Waals surface area contributed by atoms with Gasteiger partial charge in [0.2, 0.25) is 5.91 Å². The first-order valence-corrected chi connectivity index (χ1v) is 14.2. The number of aliphatic imine (C=N–C) groups is 1. The molecule has 3 aliphatic heterocycles. The van der Waals surface area contributed by atoms with Crippen LogP contribution in [0.2, 0.25) is 0 Å². The lowest BCUT2D eigenvalue weighted by molar-refractivity contribution is -0.138. The summed E-state index contributed by atoms with van der Waals surface area (Å²) in [6, 6.07) is -0.199. The molecule has 4 rings (SSSR count). The molecule has 7 heteroatoms. The third kappa shape index (κ3) is 6.25. The molecule has 0 spiro atoms. The summed E-state index contributed by atoms with van der Waals surface area (Å²) < 4.78 is 0. The Hall–Kier alpha value is -0.820. The van der Waals surface area contributed by atoms with Crippen molar-refractivity contribution < 1.29 is 4.79 Å². The van der Waals surface area contributed by atoms with E-state index < -0.39 is 0 Å². The molecule has 5 nitrogen and oxygen atoms in total. The SMILES string of the molecule is CC(C)[C@@H](NC1N=C(CN2CCCC2)CS1)C(=O)N1CCC(C2=CCC(Cl)C=C2)C(C)(C)C1. The zero-order chi connectivity index (χ0) is 23.6. The predicted octanol–water partition coefficient (Wildman–Crippen LogP) is 4.54. The van der Waals surface area contributed by atoms with E-state index in [1.165, 1.54) is 37.2 Å². The lowest BCUT2D eigenvalue weighted by atomic mass is 9.69. The second kappa shape index (κ2) is 10.8. The number of rotatable bonds is 7. The van der Waals surface area contributed by atoms with Crippen LogP contribution in [0.3, 0.4) is 0 Å². The maximum absolute atomic E-state index is 13.7. The molecule has 0 aromatic rings. The predicted molar refractivity (Wildman–Crippen MR) is 141 cm³/mol. The number of nitrogens with one attached hydrogen (secondary N) is 1. The average molecular weight is 493 g/mol. The van der Waals surface area contributed by atoms with Crippen LogP contribution < -0.4 is 5.32 Å². The Morgan fingerprint density at radius 3 is 2.70 bits per heavy atom. The molecule has 33 heavy (non-hydrogen) atoms. The summed E-state index contributed by atoms with van der Waals surface area (Å²) in [6.07, 6.45) is 11.1.